The van der Waals surface area contributed by atoms with Crippen LogP contribution in [0.5, 0.6) is 0 Å². The highest BCUT2D eigenvalue weighted by molar-refractivity contribution is 5.70. The molecule has 406 valence electrons. The number of esters is 2. The Morgan fingerprint density at radius 2 is 0.803 bits per heavy atom. The van der Waals surface area contributed by atoms with Gasteiger partial charge in [0.25, 0.3) is 0 Å². The second kappa shape index (κ2) is 52.5. The molecule has 0 amide bonds. The first kappa shape index (κ1) is 67.2. The van der Waals surface area contributed by atoms with E-state index in [2.05, 4.69) is 111 Å². The van der Waals surface area contributed by atoms with Gasteiger partial charge < -0.3 is 33.3 Å². The first-order valence-electron chi connectivity index (χ1n) is 28.4. The van der Waals surface area contributed by atoms with Gasteiger partial charge in [0.05, 0.1) is 40.3 Å². The summed E-state index contributed by atoms with van der Waals surface area (Å²) in [5.41, 5.74) is 0. The SMILES string of the molecule is CC/C=C\C/C=C\C/C=C\C/C=C\C/C=C\C/C=C\CCCCCCCCCCCCC(=O)OC(COC(=O)CCCCCCCCC/C=C\C/C=C\CCCCC)COC(OCC[N+](C)(C)C)C(=O)[O-]. The molecule has 0 fully saturated rings. The number of carbonyl (C=O) groups excluding carboxylic acids is 3. The number of carbonyl (C=O) groups is 3. The van der Waals surface area contributed by atoms with Crippen molar-refractivity contribution < 1.29 is 42.9 Å². The number of carboxylic acids is 1. The smallest absolute Gasteiger partial charge is 0.306 e. The molecule has 0 aliphatic carbocycles. The second-order valence-electron chi connectivity index (χ2n) is 19.8. The van der Waals surface area contributed by atoms with Gasteiger partial charge in [0.1, 0.15) is 13.2 Å². The monoisotopic (exact) mass is 992 g/mol. The minimum Gasteiger partial charge on any atom is -0.545 e. The summed E-state index contributed by atoms with van der Waals surface area (Å²) in [5.74, 6) is -2.31. The second-order valence-corrected chi connectivity index (χ2v) is 19.8. The molecule has 0 aromatic heterocycles. The quantitative estimate of drug-likeness (QED) is 0.0195. The maximum absolute atomic E-state index is 12.9. The maximum atomic E-state index is 12.9. The molecule has 0 spiro atoms. The molecule has 0 N–H and O–H groups in total. The van der Waals surface area contributed by atoms with E-state index in [1.54, 1.807) is 0 Å². The van der Waals surface area contributed by atoms with E-state index in [1.807, 2.05) is 21.1 Å². The van der Waals surface area contributed by atoms with Gasteiger partial charge in [-0.2, -0.15) is 0 Å². The fourth-order valence-electron chi connectivity index (χ4n) is 7.45. The van der Waals surface area contributed by atoms with Crippen LogP contribution >= 0.6 is 0 Å². The van der Waals surface area contributed by atoms with Crippen molar-refractivity contribution in [2.24, 2.45) is 0 Å². The van der Waals surface area contributed by atoms with Gasteiger partial charge in [0, 0.05) is 12.8 Å². The summed E-state index contributed by atoms with van der Waals surface area (Å²) in [6, 6.07) is 0. The third-order valence-corrected chi connectivity index (χ3v) is 11.8. The lowest BCUT2D eigenvalue weighted by Gasteiger charge is -2.26. The predicted molar refractivity (Wildman–Crippen MR) is 297 cm³/mol. The molecule has 0 bridgehead atoms. The minimum atomic E-state index is -1.63. The molecular formula is C62H105NO8. The van der Waals surface area contributed by atoms with Gasteiger partial charge in [0.15, 0.2) is 12.4 Å². The zero-order valence-electron chi connectivity index (χ0n) is 46.1. The van der Waals surface area contributed by atoms with Gasteiger partial charge in [-0.3, -0.25) is 9.59 Å². The Balaban J connectivity index is 4.27. The Hall–Kier alpha value is -3.79. The molecule has 0 aromatic rings. The largest absolute Gasteiger partial charge is 0.545 e. The molecule has 0 rings (SSSR count). The highest BCUT2D eigenvalue weighted by atomic mass is 16.7. The molecule has 0 aromatic carbocycles. The highest BCUT2D eigenvalue weighted by Gasteiger charge is 2.22. The fraction of sp³-hybridized carbons (Fsp3) is 0.694. The van der Waals surface area contributed by atoms with Crippen LogP contribution < -0.4 is 5.11 Å². The van der Waals surface area contributed by atoms with E-state index in [0.29, 0.717) is 17.4 Å². The lowest BCUT2D eigenvalue weighted by molar-refractivity contribution is -0.870. The number of rotatable bonds is 51. The van der Waals surface area contributed by atoms with Crippen LogP contribution in [0.25, 0.3) is 0 Å². The van der Waals surface area contributed by atoms with Crippen molar-refractivity contribution in [2.75, 3.05) is 47.5 Å². The number of carboxylic acid groups (broad SMARTS) is 1. The zero-order valence-corrected chi connectivity index (χ0v) is 46.1. The standard InChI is InChI=1S/C62H105NO8/c1-6-8-10-12-14-16-18-20-22-24-25-26-27-28-29-30-31-32-33-34-35-37-39-41-43-45-47-49-51-53-60(65)71-58(57-70-62(61(66)67)68-55-54-63(3,4)5)56-69-59(64)52-50-48-46-44-42-40-38-36-23-21-19-17-15-13-11-9-7-2/h8,10,14-17,20-23,25-26,28-29,31-32,58,62H,6-7,9,11-13,18-19,24,27,30,33-57H2,1-5H3/b10-8-,16-14-,17-15-,22-20-,23-21-,26-25-,29-28-,32-31-. The number of ether oxygens (including phenoxy) is 4. The Kier molecular flexibility index (Phi) is 49.7. The van der Waals surface area contributed by atoms with Gasteiger partial charge in [-0.1, -0.05) is 207 Å². The zero-order chi connectivity index (χ0) is 52.0. The molecule has 2 atom stereocenters. The Bertz CT molecular complexity index is 1480. The lowest BCUT2D eigenvalue weighted by atomic mass is 10.0. The molecule has 0 heterocycles. The molecule has 0 radical (unpaired) electrons. The predicted octanol–water partition coefficient (Wildman–Crippen LogP) is 15.2. The first-order valence-corrected chi connectivity index (χ1v) is 28.4. The Labute approximate surface area is 435 Å². The third-order valence-electron chi connectivity index (χ3n) is 11.8. The maximum Gasteiger partial charge on any atom is 0.306 e. The molecule has 2 unspecified atom stereocenters. The van der Waals surface area contributed by atoms with Crippen molar-refractivity contribution in [2.45, 2.75) is 232 Å². The van der Waals surface area contributed by atoms with E-state index in [0.717, 1.165) is 103 Å². The topological polar surface area (TPSA) is 111 Å². The van der Waals surface area contributed by atoms with Crippen LogP contribution in [0.2, 0.25) is 0 Å². The van der Waals surface area contributed by atoms with E-state index in [-0.39, 0.29) is 38.6 Å². The molecule has 71 heavy (non-hydrogen) atoms. The van der Waals surface area contributed by atoms with Crippen molar-refractivity contribution in [3.63, 3.8) is 0 Å². The van der Waals surface area contributed by atoms with E-state index < -0.39 is 24.3 Å². The van der Waals surface area contributed by atoms with Gasteiger partial charge in [-0.25, -0.2) is 0 Å². The van der Waals surface area contributed by atoms with Crippen LogP contribution in [0.3, 0.4) is 0 Å². The van der Waals surface area contributed by atoms with E-state index in [1.165, 1.54) is 83.5 Å². The van der Waals surface area contributed by atoms with Crippen molar-refractivity contribution >= 4 is 17.9 Å². The van der Waals surface area contributed by atoms with Gasteiger partial charge in [-0.05, 0) is 96.3 Å². The summed E-state index contributed by atoms with van der Waals surface area (Å²) in [5, 5.41) is 11.8. The number of likely N-dealkylation sites (N-methyl/N-ethyl adjacent to an activating group) is 1. The lowest BCUT2D eigenvalue weighted by Crippen LogP contribution is -2.44. The average Bonchev–Trinajstić information content (AvgIpc) is 3.34. The van der Waals surface area contributed by atoms with E-state index in [4.69, 9.17) is 18.9 Å². The number of unbranched alkanes of at least 4 members (excludes halogenated alkanes) is 20. The molecule has 9 nitrogen and oxygen atoms in total. The number of hydrogen-bond donors (Lipinski definition) is 0. The minimum absolute atomic E-state index is 0.141. The Morgan fingerprint density at radius 1 is 0.437 bits per heavy atom. The van der Waals surface area contributed by atoms with Crippen LogP contribution in [0.1, 0.15) is 219 Å². The molecule has 0 saturated carbocycles. The molecule has 0 saturated heterocycles. The number of hydrogen-bond acceptors (Lipinski definition) is 8. The molecule has 9 heteroatoms. The van der Waals surface area contributed by atoms with Gasteiger partial charge in [-0.15, -0.1) is 0 Å². The molecule has 0 aliphatic heterocycles. The van der Waals surface area contributed by atoms with Crippen LogP contribution in [-0.2, 0) is 33.3 Å². The van der Waals surface area contributed by atoms with Gasteiger partial charge in [0.2, 0.25) is 0 Å². The Morgan fingerprint density at radius 3 is 1.20 bits per heavy atom. The third kappa shape index (κ3) is 53.8. The summed E-state index contributed by atoms with van der Waals surface area (Å²) >= 11 is 0. The average molecular weight is 993 g/mol. The summed E-state index contributed by atoms with van der Waals surface area (Å²) in [6.07, 6.45) is 67.3. The van der Waals surface area contributed by atoms with E-state index in [9.17, 15) is 19.5 Å². The molecular weight excluding hydrogens is 887 g/mol. The van der Waals surface area contributed by atoms with Gasteiger partial charge >= 0.3 is 11.9 Å². The van der Waals surface area contributed by atoms with E-state index >= 15 is 0 Å². The van der Waals surface area contributed by atoms with Crippen molar-refractivity contribution in [1.29, 1.82) is 0 Å². The summed E-state index contributed by atoms with van der Waals surface area (Å²) in [7, 11) is 5.91. The van der Waals surface area contributed by atoms with Crippen LogP contribution in [-0.4, -0.2) is 82.3 Å². The summed E-state index contributed by atoms with van der Waals surface area (Å²) in [6.45, 7) is 4.59. The normalized spacial score (nSPS) is 13.5. The number of allylic oxidation sites excluding steroid dienone is 16. The van der Waals surface area contributed by atoms with Crippen molar-refractivity contribution in [3.8, 4) is 0 Å². The van der Waals surface area contributed by atoms with Crippen LogP contribution in [0, 0.1) is 0 Å². The number of nitrogens with zero attached hydrogens (tertiary/aromatic N) is 1. The first-order chi connectivity index (χ1) is 34.6. The molecule has 0 aliphatic rings. The summed E-state index contributed by atoms with van der Waals surface area (Å²) < 4.78 is 22.7. The number of aliphatic carboxylic acids is 1. The van der Waals surface area contributed by atoms with Crippen LogP contribution in [0.15, 0.2) is 97.2 Å². The van der Waals surface area contributed by atoms with Crippen molar-refractivity contribution in [3.05, 3.63) is 97.2 Å². The van der Waals surface area contributed by atoms with Crippen LogP contribution in [0.4, 0.5) is 0 Å². The highest BCUT2D eigenvalue weighted by Crippen LogP contribution is 2.15. The summed E-state index contributed by atoms with van der Waals surface area (Å²) in [4.78, 5) is 37.3. The fourth-order valence-corrected chi connectivity index (χ4v) is 7.45. The van der Waals surface area contributed by atoms with Crippen molar-refractivity contribution in [1.82, 2.24) is 0 Å². The number of quaternary nitrogens is 1.